The van der Waals surface area contributed by atoms with E-state index in [1.165, 1.54) is 11.1 Å². The molecule has 1 N–H and O–H groups in total. The Labute approximate surface area is 175 Å². The van der Waals surface area contributed by atoms with Gasteiger partial charge >= 0.3 is 0 Å². The van der Waals surface area contributed by atoms with Crippen LogP contribution in [0.15, 0.2) is 29.2 Å². The summed E-state index contributed by atoms with van der Waals surface area (Å²) in [6, 6.07) is 5.94. The quantitative estimate of drug-likeness (QED) is 0.704. The van der Waals surface area contributed by atoms with E-state index in [0.29, 0.717) is 29.3 Å². The minimum atomic E-state index is -0.0617. The molecular formula is C23H27N5O2. The standard InChI is InChI=1S/C23H27N5O2/c1-27(2)13-20-17-7-9-28(12-15(17)6-8-24-20)23-25-19-11-16(30-3)10-18(14-4-5-14)21(19)22(29)26-23/h6,8,10-11,14H,4-5,7,9,12-13H2,1-3H3,(H,25,26,29). The molecule has 7 nitrogen and oxygen atoms in total. The van der Waals surface area contributed by atoms with Crippen LogP contribution >= 0.6 is 0 Å². The number of aromatic nitrogens is 3. The van der Waals surface area contributed by atoms with Gasteiger partial charge in [-0.25, -0.2) is 4.98 Å². The molecule has 156 valence electrons. The third kappa shape index (κ3) is 3.43. The van der Waals surface area contributed by atoms with Gasteiger partial charge in [0, 0.05) is 31.9 Å². The first-order valence-corrected chi connectivity index (χ1v) is 10.5. The summed E-state index contributed by atoms with van der Waals surface area (Å²) in [6.07, 6.45) is 5.01. The van der Waals surface area contributed by atoms with Crippen molar-refractivity contribution >= 4 is 16.9 Å². The number of pyridine rings is 1. The monoisotopic (exact) mass is 405 g/mol. The van der Waals surface area contributed by atoms with Gasteiger partial charge in [-0.1, -0.05) is 0 Å². The van der Waals surface area contributed by atoms with Crippen molar-refractivity contribution in [1.29, 1.82) is 0 Å². The van der Waals surface area contributed by atoms with Crippen molar-refractivity contribution in [2.45, 2.75) is 38.3 Å². The third-order valence-corrected chi connectivity index (χ3v) is 6.05. The molecule has 5 rings (SSSR count). The van der Waals surface area contributed by atoms with Crippen LogP contribution in [-0.4, -0.2) is 47.6 Å². The maximum atomic E-state index is 13.0. The molecule has 1 aromatic carbocycles. The fourth-order valence-electron chi connectivity index (χ4n) is 4.43. The summed E-state index contributed by atoms with van der Waals surface area (Å²) < 4.78 is 5.48. The first-order chi connectivity index (χ1) is 14.5. The highest BCUT2D eigenvalue weighted by molar-refractivity contribution is 5.85. The van der Waals surface area contributed by atoms with Crippen molar-refractivity contribution in [1.82, 2.24) is 19.9 Å². The molecule has 3 heterocycles. The summed E-state index contributed by atoms with van der Waals surface area (Å²) in [5, 5.41) is 0.705. The van der Waals surface area contributed by atoms with Gasteiger partial charge in [0.15, 0.2) is 0 Å². The SMILES string of the molecule is COc1cc(C2CC2)c2c(=O)[nH]c(N3CCc4c(ccnc4CN(C)C)C3)nc2c1. The van der Waals surface area contributed by atoms with Gasteiger partial charge in [-0.15, -0.1) is 0 Å². The van der Waals surface area contributed by atoms with E-state index in [1.807, 2.05) is 18.3 Å². The predicted octanol–water partition coefficient (Wildman–Crippen LogP) is 2.83. The number of fused-ring (bicyclic) bond motifs is 2. The lowest BCUT2D eigenvalue weighted by atomic mass is 9.98. The molecule has 1 fully saturated rings. The van der Waals surface area contributed by atoms with Gasteiger partial charge < -0.3 is 14.5 Å². The summed E-state index contributed by atoms with van der Waals surface area (Å²) in [7, 11) is 5.78. The Morgan fingerprint density at radius 1 is 1.30 bits per heavy atom. The van der Waals surface area contributed by atoms with Crippen molar-refractivity contribution in [3.05, 3.63) is 57.1 Å². The topological polar surface area (TPSA) is 74.4 Å². The fraction of sp³-hybridized carbons (Fsp3) is 0.435. The van der Waals surface area contributed by atoms with Crippen LogP contribution in [0.2, 0.25) is 0 Å². The molecule has 0 bridgehead atoms. The lowest BCUT2D eigenvalue weighted by Crippen LogP contribution is -2.34. The molecule has 1 aliphatic carbocycles. The molecule has 3 aromatic rings. The van der Waals surface area contributed by atoms with E-state index in [2.05, 4.69) is 39.9 Å². The first kappa shape index (κ1) is 19.1. The fourth-order valence-corrected chi connectivity index (χ4v) is 4.43. The Hall–Kier alpha value is -2.93. The molecule has 0 saturated heterocycles. The molecule has 0 atom stereocenters. The Morgan fingerprint density at radius 3 is 2.87 bits per heavy atom. The van der Waals surface area contributed by atoms with Crippen LogP contribution in [0, 0.1) is 0 Å². The summed E-state index contributed by atoms with van der Waals surface area (Å²) in [5.74, 6) is 1.83. The Kier molecular flexibility index (Phi) is 4.70. The molecule has 2 aliphatic rings. The largest absolute Gasteiger partial charge is 0.497 e. The summed E-state index contributed by atoms with van der Waals surface area (Å²) in [4.78, 5) is 29.8. The zero-order valence-electron chi connectivity index (χ0n) is 17.7. The predicted molar refractivity (Wildman–Crippen MR) is 117 cm³/mol. The second kappa shape index (κ2) is 7.40. The minimum absolute atomic E-state index is 0.0617. The molecule has 0 amide bonds. The van der Waals surface area contributed by atoms with E-state index in [1.54, 1.807) is 7.11 Å². The van der Waals surface area contributed by atoms with Crippen molar-refractivity contribution in [2.24, 2.45) is 0 Å². The number of methoxy groups -OCH3 is 1. The average molecular weight is 406 g/mol. The smallest absolute Gasteiger partial charge is 0.260 e. The highest BCUT2D eigenvalue weighted by atomic mass is 16.5. The van der Waals surface area contributed by atoms with Gasteiger partial charge in [0.2, 0.25) is 5.95 Å². The first-order valence-electron chi connectivity index (χ1n) is 10.5. The van der Waals surface area contributed by atoms with Crippen molar-refractivity contribution in [3.63, 3.8) is 0 Å². The number of nitrogens with zero attached hydrogens (tertiary/aromatic N) is 4. The highest BCUT2D eigenvalue weighted by Crippen LogP contribution is 2.43. The van der Waals surface area contributed by atoms with Crippen molar-refractivity contribution < 1.29 is 4.74 Å². The number of ether oxygens (including phenoxy) is 1. The number of nitrogens with one attached hydrogen (secondary N) is 1. The van der Waals surface area contributed by atoms with Gasteiger partial charge in [0.1, 0.15) is 5.75 Å². The highest BCUT2D eigenvalue weighted by Gasteiger charge is 2.28. The van der Waals surface area contributed by atoms with Gasteiger partial charge in [-0.3, -0.25) is 14.8 Å². The van der Waals surface area contributed by atoms with E-state index in [-0.39, 0.29) is 5.56 Å². The van der Waals surface area contributed by atoms with Crippen LogP contribution in [0.4, 0.5) is 5.95 Å². The summed E-state index contributed by atoms with van der Waals surface area (Å²) in [6.45, 7) is 2.34. The lowest BCUT2D eigenvalue weighted by Gasteiger charge is -2.30. The number of hydrogen-bond donors (Lipinski definition) is 1. The summed E-state index contributed by atoms with van der Waals surface area (Å²) >= 11 is 0. The lowest BCUT2D eigenvalue weighted by molar-refractivity contribution is 0.394. The van der Waals surface area contributed by atoms with Crippen molar-refractivity contribution in [2.75, 3.05) is 32.6 Å². The Balaban J connectivity index is 1.52. The normalized spacial score (nSPS) is 16.2. The molecule has 0 radical (unpaired) electrons. The van der Waals surface area contributed by atoms with Gasteiger partial charge in [-0.2, -0.15) is 0 Å². The van der Waals surface area contributed by atoms with Gasteiger partial charge in [-0.05, 0) is 68.1 Å². The van der Waals surface area contributed by atoms with Crippen LogP contribution in [0.1, 0.15) is 41.1 Å². The number of aromatic amines is 1. The molecule has 1 saturated carbocycles. The van der Waals surface area contributed by atoms with Crippen LogP contribution in [0.5, 0.6) is 5.75 Å². The van der Waals surface area contributed by atoms with Gasteiger partial charge in [0.25, 0.3) is 5.56 Å². The Bertz CT molecular complexity index is 1170. The minimum Gasteiger partial charge on any atom is -0.497 e. The van der Waals surface area contributed by atoms with E-state index in [4.69, 9.17) is 9.72 Å². The molecule has 2 aromatic heterocycles. The van der Waals surface area contributed by atoms with E-state index < -0.39 is 0 Å². The molecule has 30 heavy (non-hydrogen) atoms. The van der Waals surface area contributed by atoms with E-state index in [9.17, 15) is 4.79 Å². The molecule has 1 aliphatic heterocycles. The summed E-state index contributed by atoms with van der Waals surface area (Å²) in [5.41, 5.74) is 5.42. The second-order valence-electron chi connectivity index (χ2n) is 8.58. The number of hydrogen-bond acceptors (Lipinski definition) is 6. The number of rotatable bonds is 5. The van der Waals surface area contributed by atoms with E-state index >= 15 is 0 Å². The molecular weight excluding hydrogens is 378 g/mol. The number of benzene rings is 1. The van der Waals surface area contributed by atoms with Gasteiger partial charge in [0.05, 0.1) is 23.7 Å². The van der Waals surface area contributed by atoms with Crippen LogP contribution in [0.25, 0.3) is 10.9 Å². The van der Waals surface area contributed by atoms with E-state index in [0.717, 1.165) is 49.4 Å². The number of anilines is 1. The van der Waals surface area contributed by atoms with Crippen LogP contribution in [-0.2, 0) is 19.5 Å². The Morgan fingerprint density at radius 2 is 2.13 bits per heavy atom. The zero-order chi connectivity index (χ0) is 20.8. The third-order valence-electron chi connectivity index (χ3n) is 6.05. The zero-order valence-corrected chi connectivity index (χ0v) is 17.7. The van der Waals surface area contributed by atoms with Crippen molar-refractivity contribution in [3.8, 4) is 5.75 Å². The van der Waals surface area contributed by atoms with Crippen LogP contribution < -0.4 is 15.2 Å². The maximum Gasteiger partial charge on any atom is 0.260 e. The molecule has 7 heteroatoms. The maximum absolute atomic E-state index is 13.0. The molecule has 0 unspecified atom stereocenters. The molecule has 0 spiro atoms. The van der Waals surface area contributed by atoms with Crippen LogP contribution in [0.3, 0.4) is 0 Å². The number of H-pyrrole nitrogens is 1. The second-order valence-corrected chi connectivity index (χ2v) is 8.58. The average Bonchev–Trinajstić information content (AvgIpc) is 3.57.